The first kappa shape index (κ1) is 15.4. The molecule has 0 heterocycles. The number of carbonyl (C=O) groups is 2. The predicted molar refractivity (Wildman–Crippen MR) is 53.8 cm³/mol. The van der Waals surface area contributed by atoms with E-state index < -0.39 is 23.8 Å². The number of hydrogen-bond acceptors (Lipinski definition) is 3. The van der Waals surface area contributed by atoms with Crippen LogP contribution in [-0.4, -0.2) is 23.8 Å². The number of rotatable bonds is 5. The van der Waals surface area contributed by atoms with Crippen molar-refractivity contribution in [2.24, 2.45) is 5.92 Å². The number of carbonyl (C=O) groups excluding carboxylic acids is 2. The normalized spacial score (nSPS) is 17.1. The highest BCUT2D eigenvalue weighted by Crippen LogP contribution is 2.36. The molecule has 2 N–H and O–H groups in total. The van der Waals surface area contributed by atoms with Gasteiger partial charge in [0.15, 0.2) is 0 Å². The summed E-state index contributed by atoms with van der Waals surface area (Å²) in [6.45, 7) is 1.08. The monoisotopic (exact) mass is 286 g/mol. The second-order valence-electron chi connectivity index (χ2n) is 4.15. The first-order valence-electron chi connectivity index (χ1n) is 5.29. The van der Waals surface area contributed by atoms with E-state index in [4.69, 9.17) is 0 Å². The Morgan fingerprint density at radius 3 is 2.05 bits per heavy atom. The van der Waals surface area contributed by atoms with Crippen molar-refractivity contribution in [2.45, 2.75) is 31.9 Å². The smallest absolute Gasteiger partial charge is 0.303 e. The van der Waals surface area contributed by atoms with Gasteiger partial charge >= 0.3 is 12.1 Å². The molecule has 1 aliphatic rings. The van der Waals surface area contributed by atoms with E-state index in [1.807, 2.05) is 0 Å². The van der Waals surface area contributed by atoms with Gasteiger partial charge in [-0.05, 0) is 19.8 Å². The molecule has 0 spiro atoms. The summed E-state index contributed by atoms with van der Waals surface area (Å²) in [6.07, 6.45) is -4.46. The van der Waals surface area contributed by atoms with Crippen LogP contribution < -0.4 is 10.9 Å². The highest BCUT2D eigenvalue weighted by Gasteiger charge is 2.62. The van der Waals surface area contributed by atoms with E-state index >= 15 is 0 Å². The second-order valence-corrected chi connectivity index (χ2v) is 4.15. The molecule has 9 heteroatoms. The maximum absolute atomic E-state index is 12.6. The number of ketones is 1. The van der Waals surface area contributed by atoms with Gasteiger partial charge in [-0.3, -0.25) is 15.0 Å². The van der Waals surface area contributed by atoms with Crippen molar-refractivity contribution in [2.75, 3.05) is 0 Å². The zero-order valence-corrected chi connectivity index (χ0v) is 9.78. The number of hydrazine groups is 1. The van der Waals surface area contributed by atoms with Crippen LogP contribution >= 0.6 is 0 Å². The lowest BCUT2D eigenvalue weighted by molar-refractivity contribution is -0.266. The Morgan fingerprint density at radius 1 is 1.11 bits per heavy atom. The van der Waals surface area contributed by atoms with Crippen molar-refractivity contribution < 1.29 is 31.5 Å². The first-order chi connectivity index (χ1) is 8.55. The third-order valence-electron chi connectivity index (χ3n) is 2.34. The third kappa shape index (κ3) is 3.90. The molecule has 0 bridgehead atoms. The Kier molecular flexibility index (Phi) is 4.16. The van der Waals surface area contributed by atoms with Crippen LogP contribution in [-0.2, 0) is 9.59 Å². The molecule has 108 valence electrons. The highest BCUT2D eigenvalue weighted by atomic mass is 19.4. The molecule has 0 aromatic rings. The van der Waals surface area contributed by atoms with Gasteiger partial charge in [-0.15, -0.1) is 0 Å². The first-order valence-corrected chi connectivity index (χ1v) is 5.29. The van der Waals surface area contributed by atoms with Crippen LogP contribution in [0.15, 0.2) is 11.8 Å². The number of halogens is 5. The van der Waals surface area contributed by atoms with E-state index in [1.165, 1.54) is 0 Å². The fourth-order valence-electron chi connectivity index (χ4n) is 1.07. The van der Waals surface area contributed by atoms with Gasteiger partial charge in [-0.2, -0.15) is 22.0 Å². The van der Waals surface area contributed by atoms with Gasteiger partial charge in [0.2, 0.25) is 11.7 Å². The summed E-state index contributed by atoms with van der Waals surface area (Å²) < 4.78 is 60.8. The van der Waals surface area contributed by atoms with Crippen molar-refractivity contribution in [1.82, 2.24) is 10.9 Å². The van der Waals surface area contributed by atoms with Crippen molar-refractivity contribution >= 4 is 11.7 Å². The van der Waals surface area contributed by atoms with Gasteiger partial charge < -0.3 is 5.43 Å². The molecule has 1 fully saturated rings. The fraction of sp³-hybridized carbons (Fsp3) is 0.600. The van der Waals surface area contributed by atoms with Crippen LogP contribution in [0.3, 0.4) is 0 Å². The number of hydrogen-bond donors (Lipinski definition) is 2. The third-order valence-corrected chi connectivity index (χ3v) is 2.34. The average molecular weight is 286 g/mol. The molecule has 1 aliphatic carbocycles. The minimum absolute atomic E-state index is 0.0979. The highest BCUT2D eigenvalue weighted by molar-refractivity contribution is 5.96. The van der Waals surface area contributed by atoms with Crippen LogP contribution in [0.5, 0.6) is 0 Å². The summed E-state index contributed by atoms with van der Waals surface area (Å²) in [4.78, 5) is 22.0. The molecule has 4 nitrogen and oxygen atoms in total. The Morgan fingerprint density at radius 2 is 1.63 bits per heavy atom. The van der Waals surface area contributed by atoms with Crippen molar-refractivity contribution in [3.05, 3.63) is 11.8 Å². The summed E-state index contributed by atoms with van der Waals surface area (Å²) in [7, 11) is 0. The summed E-state index contributed by atoms with van der Waals surface area (Å²) in [5, 5.41) is 0. The van der Waals surface area contributed by atoms with Gasteiger partial charge in [0.05, 0.1) is 0 Å². The average Bonchev–Trinajstić information content (AvgIpc) is 3.07. The molecule has 0 radical (unpaired) electrons. The molecular weight excluding hydrogens is 275 g/mol. The predicted octanol–water partition coefficient (Wildman–Crippen LogP) is 1.69. The van der Waals surface area contributed by atoms with Crippen LogP contribution in [0.1, 0.15) is 19.8 Å². The summed E-state index contributed by atoms with van der Waals surface area (Å²) in [5.41, 5.74) is 3.89. The SMILES string of the molecule is C/C(=C\C(=O)C(F)(F)C(F)(F)F)NNC(=O)C1CC1. The van der Waals surface area contributed by atoms with Crippen LogP contribution in [0.2, 0.25) is 0 Å². The number of nitrogens with one attached hydrogen (secondary N) is 2. The van der Waals surface area contributed by atoms with E-state index in [0.717, 1.165) is 6.92 Å². The molecule has 1 saturated carbocycles. The standard InChI is InChI=1S/C10H11F5N2O2/c1-5(16-17-8(19)6-2-3-6)4-7(18)9(11,12)10(13,14)15/h4,6,16H,2-3H2,1H3,(H,17,19)/b5-4+. The van der Waals surface area contributed by atoms with Gasteiger partial charge in [0.1, 0.15) is 0 Å². The molecule has 1 amide bonds. The van der Waals surface area contributed by atoms with Gasteiger partial charge in [-0.25, -0.2) is 0 Å². The summed E-state index contributed by atoms with van der Waals surface area (Å²) >= 11 is 0. The minimum atomic E-state index is -5.95. The maximum atomic E-state index is 12.6. The Hall–Kier alpha value is -1.67. The van der Waals surface area contributed by atoms with Gasteiger partial charge in [0, 0.05) is 17.7 Å². The van der Waals surface area contributed by atoms with Crippen LogP contribution in [0.4, 0.5) is 22.0 Å². The Bertz CT molecular complexity index is 413. The number of allylic oxidation sites excluding steroid dienone is 2. The second kappa shape index (κ2) is 5.14. The number of alkyl halides is 5. The largest absolute Gasteiger partial charge is 0.461 e. The van der Waals surface area contributed by atoms with E-state index in [0.29, 0.717) is 12.8 Å². The Labute approximate surface area is 105 Å². The van der Waals surface area contributed by atoms with E-state index in [9.17, 15) is 31.5 Å². The van der Waals surface area contributed by atoms with Gasteiger partial charge in [0.25, 0.3) is 0 Å². The molecular formula is C10H11F5N2O2. The molecule has 0 atom stereocenters. The zero-order chi connectivity index (χ0) is 14.8. The molecule has 1 rings (SSSR count). The Balaban J connectivity index is 2.57. The summed E-state index contributed by atoms with van der Waals surface area (Å²) in [5.74, 6) is -8.42. The van der Waals surface area contributed by atoms with E-state index in [1.54, 1.807) is 0 Å². The lowest BCUT2D eigenvalue weighted by atomic mass is 10.2. The van der Waals surface area contributed by atoms with E-state index in [-0.39, 0.29) is 17.7 Å². The summed E-state index contributed by atoms with van der Waals surface area (Å²) in [6, 6.07) is 0. The van der Waals surface area contributed by atoms with E-state index in [2.05, 4.69) is 10.9 Å². The number of amides is 1. The molecule has 0 unspecified atom stereocenters. The van der Waals surface area contributed by atoms with Gasteiger partial charge in [-0.1, -0.05) is 0 Å². The minimum Gasteiger partial charge on any atom is -0.303 e. The van der Waals surface area contributed by atoms with Crippen molar-refractivity contribution in [1.29, 1.82) is 0 Å². The molecule has 0 aromatic heterocycles. The van der Waals surface area contributed by atoms with Crippen molar-refractivity contribution in [3.8, 4) is 0 Å². The lowest BCUT2D eigenvalue weighted by Gasteiger charge is -2.17. The topological polar surface area (TPSA) is 58.2 Å². The molecule has 0 saturated heterocycles. The molecule has 0 aromatic carbocycles. The lowest BCUT2D eigenvalue weighted by Crippen LogP contribution is -2.44. The van der Waals surface area contributed by atoms with Crippen LogP contribution in [0.25, 0.3) is 0 Å². The maximum Gasteiger partial charge on any atom is 0.461 e. The zero-order valence-electron chi connectivity index (χ0n) is 9.78. The van der Waals surface area contributed by atoms with Crippen LogP contribution in [0, 0.1) is 5.92 Å². The quantitative estimate of drug-likeness (QED) is 0.459. The fourth-order valence-corrected chi connectivity index (χ4v) is 1.07. The van der Waals surface area contributed by atoms with Crippen molar-refractivity contribution in [3.63, 3.8) is 0 Å². The molecule has 0 aliphatic heterocycles. The molecule has 19 heavy (non-hydrogen) atoms.